The summed E-state index contributed by atoms with van der Waals surface area (Å²) < 4.78 is 11.1. The van der Waals surface area contributed by atoms with E-state index in [2.05, 4.69) is 0 Å². The lowest BCUT2D eigenvalue weighted by atomic mass is 10.2. The zero-order chi connectivity index (χ0) is 28.6. The maximum atomic E-state index is 13.3. The van der Waals surface area contributed by atoms with Crippen LogP contribution >= 0.6 is 34.7 Å². The van der Waals surface area contributed by atoms with Crippen molar-refractivity contribution in [3.05, 3.63) is 45.6 Å². The minimum Gasteiger partial charge on any atom is -0.442 e. The van der Waals surface area contributed by atoms with Crippen LogP contribution in [-0.2, 0) is 23.9 Å². The van der Waals surface area contributed by atoms with E-state index in [1.807, 2.05) is 0 Å². The van der Waals surface area contributed by atoms with Crippen LogP contribution in [0.5, 0.6) is 0 Å². The summed E-state index contributed by atoms with van der Waals surface area (Å²) in [6.45, 7) is 0.908. The van der Waals surface area contributed by atoms with E-state index < -0.39 is 24.0 Å². The molecule has 11 nitrogen and oxygen atoms in total. The Morgan fingerprint density at radius 2 is 1.80 bits per heavy atom. The molecule has 2 aliphatic heterocycles. The lowest BCUT2D eigenvalue weighted by Crippen LogP contribution is -2.43. The summed E-state index contributed by atoms with van der Waals surface area (Å²) in [4.78, 5) is 67.0. The first-order chi connectivity index (χ1) is 19.3. The fourth-order valence-electron chi connectivity index (χ4n) is 4.25. The fourth-order valence-corrected chi connectivity index (χ4v) is 5.94. The molecule has 2 aliphatic rings. The summed E-state index contributed by atoms with van der Waals surface area (Å²) in [5.74, 6) is -0.517. The van der Waals surface area contributed by atoms with E-state index >= 15 is 0 Å². The van der Waals surface area contributed by atoms with E-state index in [0.717, 1.165) is 28.0 Å². The Kier molecular flexibility index (Phi) is 10.6. The monoisotopic (exact) mass is 608 g/mol. The molecule has 0 bridgehead atoms. The van der Waals surface area contributed by atoms with Crippen molar-refractivity contribution in [2.75, 3.05) is 54.9 Å². The number of carbonyl (C=O) groups excluding carboxylic acids is 5. The molecule has 2 aromatic rings. The van der Waals surface area contributed by atoms with Crippen molar-refractivity contribution in [3.63, 3.8) is 0 Å². The molecule has 0 saturated carbocycles. The van der Waals surface area contributed by atoms with Gasteiger partial charge in [0.2, 0.25) is 11.0 Å². The first-order valence-electron chi connectivity index (χ1n) is 12.7. The van der Waals surface area contributed by atoms with E-state index in [0.29, 0.717) is 52.3 Å². The number of carbonyl (C=O) groups is 5. The second-order valence-corrected chi connectivity index (χ2v) is 11.9. The molecule has 4 amide bonds. The van der Waals surface area contributed by atoms with Crippen LogP contribution in [0.4, 0.5) is 16.2 Å². The van der Waals surface area contributed by atoms with E-state index in [1.165, 1.54) is 4.90 Å². The molecule has 3 heterocycles. The number of cyclic esters (lactones) is 1. The number of ether oxygens (including phenoxy) is 2. The Bertz CT molecular complexity index is 1260. The Hall–Kier alpha value is -2.97. The molecule has 14 heteroatoms. The summed E-state index contributed by atoms with van der Waals surface area (Å²) in [6, 6.07) is 10.1. The molecule has 40 heavy (non-hydrogen) atoms. The third-order valence-corrected chi connectivity index (χ3v) is 8.46. The first-order valence-corrected chi connectivity index (χ1v) is 14.9. The summed E-state index contributed by atoms with van der Waals surface area (Å²) >= 11 is 8.19. The Balaban J connectivity index is 1.40. The van der Waals surface area contributed by atoms with Gasteiger partial charge in [0.05, 0.1) is 35.5 Å². The van der Waals surface area contributed by atoms with Gasteiger partial charge >= 0.3 is 6.09 Å². The zero-order valence-corrected chi connectivity index (χ0v) is 24.0. The van der Waals surface area contributed by atoms with Gasteiger partial charge in [-0.05, 0) is 49.2 Å². The van der Waals surface area contributed by atoms with Crippen LogP contribution in [0.2, 0.25) is 4.34 Å². The average Bonchev–Trinajstić information content (AvgIpc) is 3.56. The third kappa shape index (κ3) is 7.61. The predicted molar refractivity (Wildman–Crippen MR) is 153 cm³/mol. The highest BCUT2D eigenvalue weighted by Gasteiger charge is 2.36. The smallest absolute Gasteiger partial charge is 0.414 e. The maximum absolute atomic E-state index is 13.3. The van der Waals surface area contributed by atoms with Gasteiger partial charge in [0.1, 0.15) is 12.7 Å². The predicted octanol–water partition coefficient (Wildman–Crippen LogP) is 3.15. The second kappa shape index (κ2) is 14.1. The number of imide groups is 1. The molecule has 1 aromatic heterocycles. The van der Waals surface area contributed by atoms with Crippen LogP contribution in [0.1, 0.15) is 28.9 Å². The van der Waals surface area contributed by atoms with Crippen molar-refractivity contribution in [2.24, 2.45) is 5.73 Å². The summed E-state index contributed by atoms with van der Waals surface area (Å²) in [6.07, 6.45) is -0.163. The molecule has 0 radical (unpaired) electrons. The Morgan fingerprint density at radius 3 is 2.45 bits per heavy atom. The minimum atomic E-state index is -0.742. The number of hydrogen-bond donors (Lipinski definition) is 1. The number of nitrogens with two attached hydrogens (primary N) is 1. The topological polar surface area (TPSA) is 140 Å². The molecular formula is C26H29ClN4O7S2. The van der Waals surface area contributed by atoms with Crippen molar-refractivity contribution in [3.8, 4) is 0 Å². The Morgan fingerprint density at radius 1 is 1.07 bits per heavy atom. The van der Waals surface area contributed by atoms with Crippen LogP contribution in [0.25, 0.3) is 0 Å². The molecule has 0 aliphatic carbocycles. The quantitative estimate of drug-likeness (QED) is 0.381. The standard InChI is InChI=1S/C26H29ClN4O7S2/c27-21-9-8-20(40-21)25(35)31(22(32)3-1-2-12-39-24(34)13-28)15-19-14-30(26(36)38-19)18-6-4-17(5-7-18)29-10-11-37-16-23(29)33/h4-9,19H,1-3,10-16,28H2/t19-/m1/s1. The number of unbranched alkanes of at least 4 members (excludes halogenated alkanes) is 1. The van der Waals surface area contributed by atoms with Gasteiger partial charge in [0.15, 0.2) is 0 Å². The highest BCUT2D eigenvalue weighted by molar-refractivity contribution is 8.13. The molecular weight excluding hydrogens is 580 g/mol. The number of thiophene rings is 1. The van der Waals surface area contributed by atoms with Crippen molar-refractivity contribution >= 4 is 75.0 Å². The van der Waals surface area contributed by atoms with Gasteiger partial charge in [0.25, 0.3) is 11.8 Å². The third-order valence-electron chi connectivity index (χ3n) is 6.26. The van der Waals surface area contributed by atoms with E-state index in [1.54, 1.807) is 41.3 Å². The summed E-state index contributed by atoms with van der Waals surface area (Å²) in [7, 11) is 0. The number of amides is 4. The van der Waals surface area contributed by atoms with Crippen LogP contribution in [0.15, 0.2) is 36.4 Å². The Labute approximate surface area is 244 Å². The number of morpholine rings is 1. The van der Waals surface area contributed by atoms with Crippen LogP contribution < -0.4 is 15.5 Å². The SMILES string of the molecule is NCC(=O)SCCCCC(=O)N(C[C@H]1CN(c2ccc(N3CCOCC3=O)cc2)C(=O)O1)C(=O)c1ccc(Cl)s1. The van der Waals surface area contributed by atoms with Crippen molar-refractivity contribution < 1.29 is 33.4 Å². The maximum Gasteiger partial charge on any atom is 0.414 e. The van der Waals surface area contributed by atoms with Crippen LogP contribution in [-0.4, -0.2) is 85.1 Å². The lowest BCUT2D eigenvalue weighted by Gasteiger charge is -2.27. The van der Waals surface area contributed by atoms with Gasteiger partial charge < -0.3 is 20.1 Å². The van der Waals surface area contributed by atoms with Gasteiger partial charge in [0, 0.05) is 30.1 Å². The molecule has 1 aromatic carbocycles. The van der Waals surface area contributed by atoms with Gasteiger partial charge in [-0.2, -0.15) is 0 Å². The second-order valence-electron chi connectivity index (χ2n) is 9.03. The molecule has 1 atom stereocenters. The number of hydrogen-bond acceptors (Lipinski definition) is 10. The lowest BCUT2D eigenvalue weighted by molar-refractivity contribution is -0.129. The normalized spacial score (nSPS) is 17.2. The summed E-state index contributed by atoms with van der Waals surface area (Å²) in [5, 5.41) is -0.116. The molecule has 214 valence electrons. The van der Waals surface area contributed by atoms with Gasteiger partial charge in [-0.25, -0.2) is 4.79 Å². The average molecular weight is 609 g/mol. The molecule has 0 unspecified atom stereocenters. The molecule has 2 N–H and O–H groups in total. The number of benzene rings is 1. The van der Waals surface area contributed by atoms with Crippen molar-refractivity contribution in [2.45, 2.75) is 25.4 Å². The van der Waals surface area contributed by atoms with E-state index in [4.69, 9.17) is 26.8 Å². The number of anilines is 2. The molecule has 0 spiro atoms. The number of nitrogens with zero attached hydrogens (tertiary/aromatic N) is 3. The highest BCUT2D eigenvalue weighted by atomic mass is 35.5. The number of halogens is 1. The van der Waals surface area contributed by atoms with E-state index in [9.17, 15) is 24.0 Å². The van der Waals surface area contributed by atoms with Crippen molar-refractivity contribution in [1.29, 1.82) is 0 Å². The van der Waals surface area contributed by atoms with Crippen molar-refractivity contribution in [1.82, 2.24) is 4.90 Å². The number of thioether (sulfide) groups is 1. The van der Waals surface area contributed by atoms with E-state index in [-0.39, 0.29) is 43.7 Å². The van der Waals surface area contributed by atoms with Crippen LogP contribution in [0.3, 0.4) is 0 Å². The molecule has 2 fully saturated rings. The van der Waals surface area contributed by atoms with Crippen LogP contribution in [0, 0.1) is 0 Å². The van der Waals surface area contributed by atoms with Gasteiger partial charge in [-0.1, -0.05) is 23.4 Å². The highest BCUT2D eigenvalue weighted by Crippen LogP contribution is 2.27. The zero-order valence-electron chi connectivity index (χ0n) is 21.6. The van der Waals surface area contributed by atoms with Gasteiger partial charge in [-0.15, -0.1) is 11.3 Å². The molecule has 2 saturated heterocycles. The summed E-state index contributed by atoms with van der Waals surface area (Å²) in [5.41, 5.74) is 6.57. The number of rotatable bonds is 11. The first kappa shape index (κ1) is 30.0. The largest absolute Gasteiger partial charge is 0.442 e. The fraction of sp³-hybridized carbons (Fsp3) is 0.423. The minimum absolute atomic E-state index is 0.0282. The van der Waals surface area contributed by atoms with Gasteiger partial charge in [-0.3, -0.25) is 29.0 Å². The molecule has 4 rings (SSSR count).